The third-order valence-electron chi connectivity index (χ3n) is 4.87. The molecule has 0 saturated carbocycles. The van der Waals surface area contributed by atoms with Crippen molar-refractivity contribution in [2.24, 2.45) is 5.10 Å². The second-order valence-electron chi connectivity index (χ2n) is 7.28. The molecule has 0 radical (unpaired) electrons. The van der Waals surface area contributed by atoms with E-state index in [1.165, 1.54) is 41.4 Å². The smallest absolute Gasteiger partial charge is 0.268 e. The van der Waals surface area contributed by atoms with Crippen LogP contribution >= 0.6 is 0 Å². The number of amides is 2. The summed E-state index contributed by atoms with van der Waals surface area (Å²) in [7, 11) is 0. The molecule has 0 bridgehead atoms. The lowest BCUT2D eigenvalue weighted by atomic mass is 10.1. The van der Waals surface area contributed by atoms with Crippen molar-refractivity contribution in [3.8, 4) is 11.4 Å². The molecule has 0 aliphatic carbocycles. The fraction of sp³-hybridized carbons (Fsp3) is 0.227. The summed E-state index contributed by atoms with van der Waals surface area (Å²) in [5.74, 6) is -0.992. The Bertz CT molecular complexity index is 1160. The summed E-state index contributed by atoms with van der Waals surface area (Å²) in [6, 6.07) is 10.7. The van der Waals surface area contributed by atoms with Gasteiger partial charge in [0.25, 0.3) is 5.91 Å². The van der Waals surface area contributed by atoms with E-state index in [-0.39, 0.29) is 54.4 Å². The summed E-state index contributed by atoms with van der Waals surface area (Å²) in [4.78, 5) is 29.1. The van der Waals surface area contributed by atoms with Crippen molar-refractivity contribution in [2.75, 3.05) is 0 Å². The van der Waals surface area contributed by atoms with Crippen LogP contribution in [0.15, 0.2) is 58.2 Å². The molecule has 1 aliphatic rings. The molecule has 1 N–H and O–H groups in total. The molecule has 2 heterocycles. The Hall–Kier alpha value is -3.95. The highest BCUT2D eigenvalue weighted by Crippen LogP contribution is 2.20. The Kier molecular flexibility index (Phi) is 6.02. The number of hydrogen-bond donors (Lipinski definition) is 1. The van der Waals surface area contributed by atoms with Crippen LogP contribution in [0.4, 0.5) is 8.78 Å². The predicted molar refractivity (Wildman–Crippen MR) is 110 cm³/mol. The Labute approximate surface area is 181 Å². The van der Waals surface area contributed by atoms with Crippen molar-refractivity contribution in [3.05, 3.63) is 71.6 Å². The second kappa shape index (κ2) is 9.04. The second-order valence-corrected chi connectivity index (χ2v) is 7.28. The summed E-state index contributed by atoms with van der Waals surface area (Å²) in [5, 5.41) is 12.0. The molecule has 1 unspecified atom stereocenters. The lowest BCUT2D eigenvalue weighted by Gasteiger charge is -2.23. The molecule has 3 aromatic rings. The average Bonchev–Trinajstić information content (AvgIpc) is 3.28. The van der Waals surface area contributed by atoms with Gasteiger partial charge >= 0.3 is 0 Å². The highest BCUT2D eigenvalue weighted by atomic mass is 19.1. The van der Waals surface area contributed by atoms with Gasteiger partial charge in [0.2, 0.25) is 17.6 Å². The lowest BCUT2D eigenvalue weighted by Crippen LogP contribution is -2.39. The third kappa shape index (κ3) is 4.85. The highest BCUT2D eigenvalue weighted by molar-refractivity contribution is 6.39. The molecule has 8 nitrogen and oxygen atoms in total. The van der Waals surface area contributed by atoms with Gasteiger partial charge in [0, 0.05) is 18.4 Å². The van der Waals surface area contributed by atoms with Gasteiger partial charge in [0.05, 0.1) is 6.54 Å². The summed E-state index contributed by atoms with van der Waals surface area (Å²) < 4.78 is 31.4. The molecule has 1 aromatic heterocycles. The number of hydrogen-bond acceptors (Lipinski definition) is 6. The Morgan fingerprint density at radius 2 is 1.75 bits per heavy atom. The molecule has 10 heteroatoms. The SMILES string of the molecule is CC(NC(=O)C1=NN(Cc2ccc(F)cc2)C(=O)CC1)c1nc(-c2ccc(F)cc2)no1. The minimum absolute atomic E-state index is 0.135. The molecule has 4 rings (SSSR count). The maximum Gasteiger partial charge on any atom is 0.268 e. The molecule has 0 saturated heterocycles. The maximum atomic E-state index is 13.1. The van der Waals surface area contributed by atoms with Gasteiger partial charge in [-0.1, -0.05) is 17.3 Å². The van der Waals surface area contributed by atoms with E-state index in [0.717, 1.165) is 0 Å². The number of nitrogens with zero attached hydrogens (tertiary/aromatic N) is 4. The number of aromatic nitrogens is 2. The monoisotopic (exact) mass is 439 g/mol. The van der Waals surface area contributed by atoms with E-state index >= 15 is 0 Å². The van der Waals surface area contributed by atoms with Gasteiger partial charge in [-0.3, -0.25) is 9.59 Å². The normalized spacial score (nSPS) is 14.8. The first-order valence-electron chi connectivity index (χ1n) is 9.92. The predicted octanol–water partition coefficient (Wildman–Crippen LogP) is 3.37. The van der Waals surface area contributed by atoms with E-state index in [1.807, 2.05) is 0 Å². The van der Waals surface area contributed by atoms with Crippen LogP contribution in [-0.4, -0.2) is 32.7 Å². The van der Waals surface area contributed by atoms with Crippen molar-refractivity contribution < 1.29 is 22.9 Å². The van der Waals surface area contributed by atoms with Gasteiger partial charge in [-0.25, -0.2) is 13.8 Å². The van der Waals surface area contributed by atoms with Gasteiger partial charge in [-0.2, -0.15) is 10.1 Å². The number of rotatable bonds is 6. The van der Waals surface area contributed by atoms with E-state index in [0.29, 0.717) is 11.1 Å². The Balaban J connectivity index is 1.42. The van der Waals surface area contributed by atoms with E-state index in [2.05, 4.69) is 20.6 Å². The summed E-state index contributed by atoms with van der Waals surface area (Å²) in [5.41, 5.74) is 1.46. The lowest BCUT2D eigenvalue weighted by molar-refractivity contribution is -0.132. The Morgan fingerprint density at radius 1 is 1.09 bits per heavy atom. The number of hydrazone groups is 1. The summed E-state index contributed by atoms with van der Waals surface area (Å²) in [6.07, 6.45) is 0.332. The van der Waals surface area contributed by atoms with Crippen LogP contribution in [-0.2, 0) is 16.1 Å². The zero-order chi connectivity index (χ0) is 22.7. The van der Waals surface area contributed by atoms with Crippen molar-refractivity contribution in [2.45, 2.75) is 32.4 Å². The standard InChI is InChI=1S/C22H19F2N5O3/c1-13(22-26-20(28-32-22)15-4-8-17(24)9-5-15)25-21(31)18-10-11-19(30)29(27-18)12-14-2-6-16(23)7-3-14/h2-9,13H,10-12H2,1H3,(H,25,31). The first-order chi connectivity index (χ1) is 15.4. The van der Waals surface area contributed by atoms with Crippen LogP contribution in [0.2, 0.25) is 0 Å². The molecule has 0 spiro atoms. The van der Waals surface area contributed by atoms with E-state index in [1.54, 1.807) is 19.1 Å². The number of carbonyl (C=O) groups excluding carboxylic acids is 2. The largest absolute Gasteiger partial charge is 0.339 e. The van der Waals surface area contributed by atoms with E-state index < -0.39 is 11.9 Å². The fourth-order valence-corrected chi connectivity index (χ4v) is 3.12. The molecule has 32 heavy (non-hydrogen) atoms. The van der Waals surface area contributed by atoms with Gasteiger partial charge in [-0.05, 0) is 48.9 Å². The van der Waals surface area contributed by atoms with Crippen molar-refractivity contribution in [3.63, 3.8) is 0 Å². The maximum absolute atomic E-state index is 13.1. The van der Waals surface area contributed by atoms with Crippen molar-refractivity contribution >= 4 is 17.5 Å². The van der Waals surface area contributed by atoms with Crippen LogP contribution < -0.4 is 5.32 Å². The molecule has 164 valence electrons. The molecular formula is C22H19F2N5O3. The minimum atomic E-state index is -0.616. The van der Waals surface area contributed by atoms with Gasteiger partial charge in [0.1, 0.15) is 23.4 Å². The van der Waals surface area contributed by atoms with E-state index in [4.69, 9.17) is 4.52 Å². The summed E-state index contributed by atoms with van der Waals surface area (Å²) in [6.45, 7) is 1.81. The van der Waals surface area contributed by atoms with Crippen molar-refractivity contribution in [1.29, 1.82) is 0 Å². The number of halogens is 2. The highest BCUT2D eigenvalue weighted by Gasteiger charge is 2.26. The van der Waals surface area contributed by atoms with Crippen LogP contribution in [0.1, 0.15) is 37.3 Å². The quantitative estimate of drug-likeness (QED) is 0.635. The minimum Gasteiger partial charge on any atom is -0.339 e. The van der Waals surface area contributed by atoms with Crippen molar-refractivity contribution in [1.82, 2.24) is 20.5 Å². The van der Waals surface area contributed by atoms with Gasteiger partial charge in [-0.15, -0.1) is 0 Å². The molecule has 1 atom stereocenters. The molecule has 0 fully saturated rings. The molecule has 2 amide bonds. The van der Waals surface area contributed by atoms with Gasteiger partial charge in [0.15, 0.2) is 0 Å². The Morgan fingerprint density at radius 3 is 2.44 bits per heavy atom. The number of nitrogens with one attached hydrogen (secondary N) is 1. The van der Waals surface area contributed by atoms with E-state index in [9.17, 15) is 18.4 Å². The summed E-state index contributed by atoms with van der Waals surface area (Å²) >= 11 is 0. The third-order valence-corrected chi connectivity index (χ3v) is 4.87. The fourth-order valence-electron chi connectivity index (χ4n) is 3.12. The zero-order valence-electron chi connectivity index (χ0n) is 17.1. The molecule has 1 aliphatic heterocycles. The first-order valence-corrected chi connectivity index (χ1v) is 9.92. The first kappa shape index (κ1) is 21.3. The topological polar surface area (TPSA) is 101 Å². The van der Waals surface area contributed by atoms with Crippen LogP contribution in [0.3, 0.4) is 0 Å². The number of benzene rings is 2. The van der Waals surface area contributed by atoms with Gasteiger partial charge < -0.3 is 9.84 Å². The number of carbonyl (C=O) groups is 2. The molecular weight excluding hydrogens is 420 g/mol. The van der Waals surface area contributed by atoms with Crippen LogP contribution in [0, 0.1) is 11.6 Å². The zero-order valence-corrected chi connectivity index (χ0v) is 17.1. The average molecular weight is 439 g/mol. The van der Waals surface area contributed by atoms with Crippen LogP contribution in [0.25, 0.3) is 11.4 Å². The van der Waals surface area contributed by atoms with Crippen LogP contribution in [0.5, 0.6) is 0 Å². The molecule has 2 aromatic carbocycles.